The Morgan fingerprint density at radius 2 is 2.29 bits per heavy atom. The number of carbonyl (C=O) groups excluding carboxylic acids is 1. The molecule has 0 bridgehead atoms. The lowest BCUT2D eigenvalue weighted by molar-refractivity contribution is 0.185. The van der Waals surface area contributed by atoms with Crippen LogP contribution in [0.1, 0.15) is 33.6 Å². The van der Waals surface area contributed by atoms with E-state index in [4.69, 9.17) is 5.73 Å². The van der Waals surface area contributed by atoms with E-state index < -0.39 is 0 Å². The summed E-state index contributed by atoms with van der Waals surface area (Å²) in [6.07, 6.45) is 2.22. The number of hydrogen-bond donors (Lipinski definition) is 2. The molecule has 4 heteroatoms. The van der Waals surface area contributed by atoms with Gasteiger partial charge in [-0.3, -0.25) is 0 Å². The minimum atomic E-state index is -0.306. The summed E-state index contributed by atoms with van der Waals surface area (Å²) in [6, 6.07) is 0.383. The van der Waals surface area contributed by atoms with Gasteiger partial charge >= 0.3 is 6.03 Å². The topological polar surface area (TPSA) is 58.4 Å². The summed E-state index contributed by atoms with van der Waals surface area (Å²) in [4.78, 5) is 13.7. The quantitative estimate of drug-likeness (QED) is 0.694. The number of amides is 2. The van der Waals surface area contributed by atoms with Gasteiger partial charge < -0.3 is 16.0 Å². The first kappa shape index (κ1) is 11.3. The highest BCUT2D eigenvalue weighted by Crippen LogP contribution is 2.16. The second kappa shape index (κ2) is 4.17. The molecule has 0 radical (unpaired) electrons. The molecule has 3 N–H and O–H groups in total. The van der Waals surface area contributed by atoms with E-state index in [1.165, 1.54) is 0 Å². The Labute approximate surface area is 85.8 Å². The highest BCUT2D eigenvalue weighted by Gasteiger charge is 2.28. The van der Waals surface area contributed by atoms with Gasteiger partial charge in [-0.15, -0.1) is 0 Å². The molecule has 1 heterocycles. The molecule has 1 rings (SSSR count). The van der Waals surface area contributed by atoms with Crippen molar-refractivity contribution in [3.05, 3.63) is 0 Å². The van der Waals surface area contributed by atoms with Gasteiger partial charge in [0.15, 0.2) is 0 Å². The van der Waals surface area contributed by atoms with Gasteiger partial charge in [-0.2, -0.15) is 0 Å². The zero-order chi connectivity index (χ0) is 10.8. The summed E-state index contributed by atoms with van der Waals surface area (Å²) in [7, 11) is 0. The third-order valence-electron chi connectivity index (χ3n) is 2.77. The van der Waals surface area contributed by atoms with Gasteiger partial charge in [-0.05, 0) is 33.6 Å². The Bertz CT molecular complexity index is 215. The molecule has 1 saturated heterocycles. The minimum absolute atomic E-state index is 0.0189. The molecule has 14 heavy (non-hydrogen) atoms. The number of hydrogen-bond acceptors (Lipinski definition) is 2. The van der Waals surface area contributed by atoms with Crippen molar-refractivity contribution in [1.82, 2.24) is 10.2 Å². The van der Waals surface area contributed by atoms with Crippen LogP contribution in [-0.2, 0) is 0 Å². The fourth-order valence-corrected chi connectivity index (χ4v) is 1.65. The van der Waals surface area contributed by atoms with Crippen molar-refractivity contribution in [2.24, 2.45) is 5.73 Å². The van der Waals surface area contributed by atoms with Crippen LogP contribution in [-0.4, -0.2) is 35.6 Å². The molecule has 0 aromatic heterocycles. The Morgan fingerprint density at radius 3 is 2.71 bits per heavy atom. The molecule has 0 aliphatic carbocycles. The molecule has 82 valence electrons. The van der Waals surface area contributed by atoms with Crippen LogP contribution >= 0.6 is 0 Å². The molecule has 2 amide bonds. The maximum absolute atomic E-state index is 11.8. The molecule has 1 aliphatic rings. The minimum Gasteiger partial charge on any atom is -0.332 e. The smallest absolute Gasteiger partial charge is 0.318 e. The van der Waals surface area contributed by atoms with Crippen molar-refractivity contribution in [3.63, 3.8) is 0 Å². The predicted octanol–water partition coefficient (Wildman–Crippen LogP) is 0.918. The molecule has 0 aromatic carbocycles. The summed E-state index contributed by atoms with van der Waals surface area (Å²) in [5.41, 5.74) is 5.25. The van der Waals surface area contributed by atoms with Crippen LogP contribution in [0.2, 0.25) is 0 Å². The van der Waals surface area contributed by atoms with Crippen LogP contribution in [0.4, 0.5) is 4.79 Å². The van der Waals surface area contributed by atoms with Crippen molar-refractivity contribution in [2.45, 2.75) is 45.2 Å². The second-order valence-electron chi connectivity index (χ2n) is 4.70. The Balaban J connectivity index is 2.49. The summed E-state index contributed by atoms with van der Waals surface area (Å²) in [5.74, 6) is 0. The van der Waals surface area contributed by atoms with E-state index in [9.17, 15) is 4.79 Å². The summed E-state index contributed by atoms with van der Waals surface area (Å²) >= 11 is 0. The third kappa shape index (κ3) is 2.61. The first-order chi connectivity index (χ1) is 6.46. The van der Waals surface area contributed by atoms with Crippen molar-refractivity contribution in [3.8, 4) is 0 Å². The molecule has 1 unspecified atom stereocenters. The second-order valence-corrected chi connectivity index (χ2v) is 4.70. The maximum Gasteiger partial charge on any atom is 0.318 e. The normalized spacial score (nSPS) is 22.6. The summed E-state index contributed by atoms with van der Waals surface area (Å²) < 4.78 is 0. The number of rotatable bonds is 2. The highest BCUT2D eigenvalue weighted by molar-refractivity contribution is 5.75. The van der Waals surface area contributed by atoms with Gasteiger partial charge in [0.1, 0.15) is 0 Å². The molecule has 1 atom stereocenters. The average Bonchev–Trinajstić information content (AvgIpc) is 2.51. The van der Waals surface area contributed by atoms with Crippen molar-refractivity contribution < 1.29 is 4.79 Å². The summed E-state index contributed by atoms with van der Waals surface area (Å²) in [5, 5.41) is 2.94. The number of likely N-dealkylation sites (tertiary alicyclic amines) is 1. The van der Waals surface area contributed by atoms with E-state index in [-0.39, 0.29) is 11.6 Å². The Kier molecular flexibility index (Phi) is 3.37. The van der Waals surface area contributed by atoms with Crippen LogP contribution in [0.3, 0.4) is 0 Å². The molecule has 0 saturated carbocycles. The number of nitrogens with one attached hydrogen (secondary N) is 1. The number of carbonyl (C=O) groups is 1. The Morgan fingerprint density at radius 1 is 1.64 bits per heavy atom. The number of urea groups is 1. The predicted molar refractivity (Wildman–Crippen MR) is 57.1 cm³/mol. The van der Waals surface area contributed by atoms with Crippen LogP contribution in [0, 0.1) is 0 Å². The van der Waals surface area contributed by atoms with Crippen LogP contribution in [0.25, 0.3) is 0 Å². The van der Waals surface area contributed by atoms with E-state index in [0.717, 1.165) is 19.4 Å². The van der Waals surface area contributed by atoms with E-state index in [2.05, 4.69) is 12.2 Å². The SMILES string of the molecule is CC1CCCN1C(=O)NC(C)(C)CN. The third-order valence-corrected chi connectivity index (χ3v) is 2.77. The molecule has 0 spiro atoms. The lowest BCUT2D eigenvalue weighted by Gasteiger charge is -2.29. The van der Waals surface area contributed by atoms with Gasteiger partial charge in [0, 0.05) is 24.7 Å². The van der Waals surface area contributed by atoms with E-state index in [1.807, 2.05) is 18.7 Å². The molecule has 4 nitrogen and oxygen atoms in total. The Hall–Kier alpha value is -0.770. The fourth-order valence-electron chi connectivity index (χ4n) is 1.65. The summed E-state index contributed by atoms with van der Waals surface area (Å²) in [6.45, 7) is 7.29. The van der Waals surface area contributed by atoms with E-state index in [1.54, 1.807) is 0 Å². The van der Waals surface area contributed by atoms with E-state index in [0.29, 0.717) is 12.6 Å². The molecular weight excluding hydrogens is 178 g/mol. The molecular formula is C10H21N3O. The van der Waals surface area contributed by atoms with Crippen molar-refractivity contribution in [1.29, 1.82) is 0 Å². The fraction of sp³-hybridized carbons (Fsp3) is 0.900. The van der Waals surface area contributed by atoms with Gasteiger partial charge in [0.25, 0.3) is 0 Å². The highest BCUT2D eigenvalue weighted by atomic mass is 16.2. The van der Waals surface area contributed by atoms with E-state index >= 15 is 0 Å². The zero-order valence-electron chi connectivity index (χ0n) is 9.34. The first-order valence-electron chi connectivity index (χ1n) is 5.25. The average molecular weight is 199 g/mol. The van der Waals surface area contributed by atoms with Gasteiger partial charge in [0.2, 0.25) is 0 Å². The largest absolute Gasteiger partial charge is 0.332 e. The number of nitrogens with zero attached hydrogens (tertiary/aromatic N) is 1. The monoisotopic (exact) mass is 199 g/mol. The lowest BCUT2D eigenvalue weighted by atomic mass is 10.1. The number of nitrogens with two attached hydrogens (primary N) is 1. The van der Waals surface area contributed by atoms with Gasteiger partial charge in [-0.1, -0.05) is 0 Å². The first-order valence-corrected chi connectivity index (χ1v) is 5.25. The maximum atomic E-state index is 11.8. The van der Waals surface area contributed by atoms with Crippen LogP contribution < -0.4 is 11.1 Å². The van der Waals surface area contributed by atoms with Gasteiger partial charge in [0.05, 0.1) is 0 Å². The van der Waals surface area contributed by atoms with Crippen molar-refractivity contribution >= 4 is 6.03 Å². The van der Waals surface area contributed by atoms with Crippen molar-refractivity contribution in [2.75, 3.05) is 13.1 Å². The van der Waals surface area contributed by atoms with Gasteiger partial charge in [-0.25, -0.2) is 4.79 Å². The molecule has 1 fully saturated rings. The van der Waals surface area contributed by atoms with Crippen LogP contribution in [0.15, 0.2) is 0 Å². The lowest BCUT2D eigenvalue weighted by Crippen LogP contribution is -2.54. The molecule has 0 aromatic rings. The zero-order valence-corrected chi connectivity index (χ0v) is 9.34. The molecule has 1 aliphatic heterocycles. The van der Waals surface area contributed by atoms with Crippen LogP contribution in [0.5, 0.6) is 0 Å². The standard InChI is InChI=1S/C10H21N3O/c1-8-5-4-6-13(8)9(14)12-10(2,3)7-11/h8H,4-7,11H2,1-3H3,(H,12,14).